The number of aromatic nitrogens is 3. The lowest BCUT2D eigenvalue weighted by Gasteiger charge is -2.11. The summed E-state index contributed by atoms with van der Waals surface area (Å²) in [7, 11) is 0. The molecule has 106 valence electrons. The van der Waals surface area contributed by atoms with Gasteiger partial charge in [0, 0.05) is 29.7 Å². The van der Waals surface area contributed by atoms with Gasteiger partial charge in [-0.05, 0) is 26.5 Å². The first-order valence-corrected chi connectivity index (χ1v) is 7.14. The molecular weight excluding hydrogens is 295 g/mol. The highest BCUT2D eigenvalue weighted by atomic mass is 35.5. The molecule has 0 aliphatic heterocycles. The first-order chi connectivity index (χ1) is 9.52. The van der Waals surface area contributed by atoms with Crippen molar-refractivity contribution in [2.24, 2.45) is 0 Å². The van der Waals surface area contributed by atoms with Gasteiger partial charge >= 0.3 is 0 Å². The van der Waals surface area contributed by atoms with E-state index in [1.54, 1.807) is 12.3 Å². The Kier molecular flexibility index (Phi) is 4.91. The largest absolute Gasteiger partial charge is 0.313 e. The molecule has 0 fully saturated rings. The molecule has 0 bridgehead atoms. The molecule has 0 unspecified atom stereocenters. The molecule has 6 heteroatoms. The summed E-state index contributed by atoms with van der Waals surface area (Å²) in [6.45, 7) is 7.67. The molecule has 2 rings (SSSR count). The number of pyridine rings is 1. The third kappa shape index (κ3) is 3.26. The van der Waals surface area contributed by atoms with Crippen LogP contribution in [0.5, 0.6) is 0 Å². The Labute approximate surface area is 128 Å². The summed E-state index contributed by atoms with van der Waals surface area (Å²) in [5.74, 6) is 0.530. The van der Waals surface area contributed by atoms with Gasteiger partial charge in [-0.25, -0.2) is 15.0 Å². The van der Waals surface area contributed by atoms with Gasteiger partial charge in [0.05, 0.1) is 10.0 Å². The minimum absolute atomic E-state index is 0.454. The van der Waals surface area contributed by atoms with Crippen molar-refractivity contribution in [1.82, 2.24) is 20.3 Å². The highest BCUT2D eigenvalue weighted by Crippen LogP contribution is 2.26. The third-order valence-electron chi connectivity index (χ3n) is 2.99. The first kappa shape index (κ1) is 15.2. The lowest BCUT2D eigenvalue weighted by Crippen LogP contribution is -2.15. The smallest absolute Gasteiger partial charge is 0.180 e. The van der Waals surface area contributed by atoms with E-state index in [4.69, 9.17) is 23.2 Å². The molecule has 4 nitrogen and oxygen atoms in total. The predicted octanol–water partition coefficient (Wildman–Crippen LogP) is 3.57. The van der Waals surface area contributed by atoms with Crippen molar-refractivity contribution in [1.29, 1.82) is 0 Å². The van der Waals surface area contributed by atoms with Crippen LogP contribution in [0, 0.1) is 13.8 Å². The van der Waals surface area contributed by atoms with Crippen LogP contribution < -0.4 is 5.32 Å². The van der Waals surface area contributed by atoms with Gasteiger partial charge in [-0.1, -0.05) is 30.1 Å². The molecule has 20 heavy (non-hydrogen) atoms. The maximum atomic E-state index is 6.15. The molecular formula is C14H16Cl2N4. The van der Waals surface area contributed by atoms with E-state index in [1.807, 2.05) is 13.8 Å². The summed E-state index contributed by atoms with van der Waals surface area (Å²) in [4.78, 5) is 13.2. The van der Waals surface area contributed by atoms with E-state index in [0.29, 0.717) is 21.6 Å². The van der Waals surface area contributed by atoms with E-state index < -0.39 is 0 Å². The lowest BCUT2D eigenvalue weighted by atomic mass is 10.1. The van der Waals surface area contributed by atoms with E-state index in [9.17, 15) is 0 Å². The van der Waals surface area contributed by atoms with Crippen LogP contribution in [-0.2, 0) is 6.54 Å². The topological polar surface area (TPSA) is 50.7 Å². The highest BCUT2D eigenvalue weighted by molar-refractivity contribution is 6.35. The zero-order chi connectivity index (χ0) is 14.7. The van der Waals surface area contributed by atoms with Crippen LogP contribution in [0.15, 0.2) is 12.3 Å². The zero-order valence-corrected chi connectivity index (χ0v) is 13.2. The molecule has 0 spiro atoms. The van der Waals surface area contributed by atoms with Gasteiger partial charge in [0.15, 0.2) is 5.82 Å². The third-order valence-corrected chi connectivity index (χ3v) is 3.49. The van der Waals surface area contributed by atoms with Crippen molar-refractivity contribution in [3.8, 4) is 11.5 Å². The molecule has 2 heterocycles. The van der Waals surface area contributed by atoms with Crippen LogP contribution in [0.4, 0.5) is 0 Å². The summed E-state index contributed by atoms with van der Waals surface area (Å²) in [6.07, 6.45) is 1.54. The molecule has 1 N–H and O–H groups in total. The number of aryl methyl sites for hydroxylation is 2. The van der Waals surface area contributed by atoms with Crippen LogP contribution >= 0.6 is 23.2 Å². The highest BCUT2D eigenvalue weighted by Gasteiger charge is 2.13. The Morgan fingerprint density at radius 2 is 1.80 bits per heavy atom. The van der Waals surface area contributed by atoms with Crippen LogP contribution in [0.2, 0.25) is 10.0 Å². The van der Waals surface area contributed by atoms with Crippen molar-refractivity contribution < 1.29 is 0 Å². The number of halogens is 2. The van der Waals surface area contributed by atoms with E-state index in [-0.39, 0.29) is 0 Å². The van der Waals surface area contributed by atoms with E-state index >= 15 is 0 Å². The maximum absolute atomic E-state index is 6.15. The standard InChI is InChI=1S/C14H16Cl2N4/c1-4-17-7-11-8(2)19-14(20-9(11)3)13-12(16)5-10(15)6-18-13/h5-6,17H,4,7H2,1-3H3. The Bertz CT molecular complexity index is 606. The Hall–Kier alpha value is -1.23. The van der Waals surface area contributed by atoms with Crippen LogP contribution in [0.1, 0.15) is 23.9 Å². The SMILES string of the molecule is CCNCc1c(C)nc(-c2ncc(Cl)cc2Cl)nc1C. The van der Waals surface area contributed by atoms with Crippen molar-refractivity contribution in [3.05, 3.63) is 39.3 Å². The quantitative estimate of drug-likeness (QED) is 0.938. The van der Waals surface area contributed by atoms with Gasteiger partial charge in [0.25, 0.3) is 0 Å². The molecule has 0 amide bonds. The monoisotopic (exact) mass is 310 g/mol. The second-order valence-electron chi connectivity index (χ2n) is 4.46. The average Bonchev–Trinajstić information content (AvgIpc) is 2.37. The summed E-state index contributed by atoms with van der Waals surface area (Å²) in [5, 5.41) is 4.24. The molecule has 2 aromatic heterocycles. The van der Waals surface area contributed by atoms with Crippen molar-refractivity contribution >= 4 is 23.2 Å². The van der Waals surface area contributed by atoms with Crippen molar-refractivity contribution in [2.45, 2.75) is 27.3 Å². The Balaban J connectivity index is 2.44. The van der Waals surface area contributed by atoms with Gasteiger partial charge in [-0.3, -0.25) is 0 Å². The van der Waals surface area contributed by atoms with Crippen LogP contribution in [0.3, 0.4) is 0 Å². The van der Waals surface area contributed by atoms with Crippen molar-refractivity contribution in [3.63, 3.8) is 0 Å². The normalized spacial score (nSPS) is 10.8. The Morgan fingerprint density at radius 3 is 2.35 bits per heavy atom. The Morgan fingerprint density at radius 1 is 1.15 bits per heavy atom. The minimum atomic E-state index is 0.454. The van der Waals surface area contributed by atoms with Gasteiger partial charge < -0.3 is 5.32 Å². The summed E-state index contributed by atoms with van der Waals surface area (Å²) in [5.41, 5.74) is 3.53. The van der Waals surface area contributed by atoms with E-state index in [2.05, 4.69) is 27.2 Å². The molecule has 0 saturated heterocycles. The average molecular weight is 311 g/mol. The van der Waals surface area contributed by atoms with E-state index in [1.165, 1.54) is 0 Å². The number of rotatable bonds is 4. The van der Waals surface area contributed by atoms with Gasteiger partial charge in [0.1, 0.15) is 5.69 Å². The number of nitrogens with one attached hydrogen (secondary N) is 1. The fourth-order valence-corrected chi connectivity index (χ4v) is 2.39. The van der Waals surface area contributed by atoms with E-state index in [0.717, 1.165) is 30.0 Å². The maximum Gasteiger partial charge on any atom is 0.180 e. The number of hydrogen-bond donors (Lipinski definition) is 1. The first-order valence-electron chi connectivity index (χ1n) is 6.39. The second-order valence-corrected chi connectivity index (χ2v) is 5.30. The summed E-state index contributed by atoms with van der Waals surface area (Å²) < 4.78 is 0. The minimum Gasteiger partial charge on any atom is -0.313 e. The predicted molar refractivity (Wildman–Crippen MR) is 82.1 cm³/mol. The molecule has 2 aromatic rings. The van der Waals surface area contributed by atoms with Gasteiger partial charge in [-0.2, -0.15) is 0 Å². The fourth-order valence-electron chi connectivity index (χ4n) is 1.93. The lowest BCUT2D eigenvalue weighted by molar-refractivity contribution is 0.711. The molecule has 0 atom stereocenters. The molecule has 0 aliphatic carbocycles. The van der Waals surface area contributed by atoms with Crippen LogP contribution in [0.25, 0.3) is 11.5 Å². The molecule has 0 aromatic carbocycles. The summed E-state index contributed by atoms with van der Waals surface area (Å²) in [6, 6.07) is 1.64. The van der Waals surface area contributed by atoms with Crippen LogP contribution in [-0.4, -0.2) is 21.5 Å². The fraction of sp³-hybridized carbons (Fsp3) is 0.357. The number of nitrogens with zero attached hydrogens (tertiary/aromatic N) is 3. The van der Waals surface area contributed by atoms with Crippen molar-refractivity contribution in [2.75, 3.05) is 6.54 Å². The summed E-state index contributed by atoms with van der Waals surface area (Å²) >= 11 is 12.0. The van der Waals surface area contributed by atoms with Gasteiger partial charge in [0.2, 0.25) is 0 Å². The van der Waals surface area contributed by atoms with Gasteiger partial charge in [-0.15, -0.1) is 0 Å². The second kappa shape index (κ2) is 6.48. The molecule has 0 radical (unpaired) electrons. The molecule has 0 saturated carbocycles. The molecule has 0 aliphatic rings. The number of hydrogen-bond acceptors (Lipinski definition) is 4. The zero-order valence-electron chi connectivity index (χ0n) is 11.7.